The molecule has 1 heterocycles. The molecular formula is C13H23NO5S. The van der Waals surface area contributed by atoms with Crippen molar-refractivity contribution in [3.8, 4) is 0 Å². The molecule has 0 aromatic rings. The number of carboxylic acid groups (broad SMARTS) is 1. The van der Waals surface area contributed by atoms with Crippen LogP contribution in [-0.4, -0.2) is 42.4 Å². The highest BCUT2D eigenvalue weighted by atomic mass is 32.2. The van der Waals surface area contributed by atoms with Gasteiger partial charge < -0.3 is 10.4 Å². The lowest BCUT2D eigenvalue weighted by molar-refractivity contribution is -0.153. The first-order valence-corrected chi connectivity index (χ1v) is 8.47. The molecule has 0 aromatic carbocycles. The third-order valence-electron chi connectivity index (χ3n) is 4.24. The van der Waals surface area contributed by atoms with Gasteiger partial charge >= 0.3 is 5.97 Å². The third-order valence-corrected chi connectivity index (χ3v) is 6.14. The molecule has 2 atom stereocenters. The molecule has 7 heteroatoms. The number of aliphatic carboxylic acids is 1. The highest BCUT2D eigenvalue weighted by molar-refractivity contribution is 7.91. The minimum atomic E-state index is -3.11. The summed E-state index contributed by atoms with van der Waals surface area (Å²) in [6.45, 7) is 6.72. The summed E-state index contributed by atoms with van der Waals surface area (Å²) in [6.07, 6.45) is 0.210. The van der Waals surface area contributed by atoms with E-state index in [4.69, 9.17) is 0 Å². The number of carbonyl (C=O) groups excluding carboxylic acids is 1. The normalized spacial score (nSPS) is 28.1. The van der Waals surface area contributed by atoms with Gasteiger partial charge in [0.1, 0.15) is 0 Å². The summed E-state index contributed by atoms with van der Waals surface area (Å²) in [5, 5.41) is 12.0. The molecule has 1 rings (SSSR count). The Morgan fingerprint density at radius 2 is 1.95 bits per heavy atom. The summed E-state index contributed by atoms with van der Waals surface area (Å²) in [5.74, 6) is -1.66. The van der Waals surface area contributed by atoms with Crippen molar-refractivity contribution in [1.82, 2.24) is 5.32 Å². The van der Waals surface area contributed by atoms with E-state index in [1.165, 1.54) is 6.92 Å². The maximum atomic E-state index is 12.1. The van der Waals surface area contributed by atoms with Crippen LogP contribution in [0, 0.1) is 11.3 Å². The first-order valence-electron chi connectivity index (χ1n) is 6.65. The molecule has 20 heavy (non-hydrogen) atoms. The molecule has 0 saturated carbocycles. The molecule has 1 amide bonds. The third kappa shape index (κ3) is 3.71. The molecule has 2 unspecified atom stereocenters. The van der Waals surface area contributed by atoms with Crippen molar-refractivity contribution in [1.29, 1.82) is 0 Å². The molecule has 0 aromatic heterocycles. The molecular weight excluding hydrogens is 282 g/mol. The van der Waals surface area contributed by atoms with Gasteiger partial charge in [-0.1, -0.05) is 13.8 Å². The molecule has 0 spiro atoms. The molecule has 2 N–H and O–H groups in total. The first-order chi connectivity index (χ1) is 8.90. The second kappa shape index (κ2) is 5.35. The highest BCUT2D eigenvalue weighted by Crippen LogP contribution is 2.32. The van der Waals surface area contributed by atoms with E-state index < -0.39 is 32.7 Å². The summed E-state index contributed by atoms with van der Waals surface area (Å²) >= 11 is 0. The van der Waals surface area contributed by atoms with Crippen molar-refractivity contribution in [2.45, 2.75) is 46.1 Å². The standard InChI is InChI=1S/C13H23NO5S/c1-9(2)13(4,11(16)17)7-10(15)14-12(3)5-6-20(18,19)8-12/h9H,5-8H2,1-4H3,(H,14,15)(H,16,17). The van der Waals surface area contributed by atoms with E-state index in [1.54, 1.807) is 20.8 Å². The number of nitrogens with one attached hydrogen (secondary N) is 1. The number of amides is 1. The molecule has 1 aliphatic rings. The smallest absolute Gasteiger partial charge is 0.310 e. The van der Waals surface area contributed by atoms with Crippen molar-refractivity contribution in [2.75, 3.05) is 11.5 Å². The summed E-state index contributed by atoms with van der Waals surface area (Å²) in [6, 6.07) is 0. The van der Waals surface area contributed by atoms with Crippen molar-refractivity contribution >= 4 is 21.7 Å². The predicted octanol–water partition coefficient (Wildman–Crippen LogP) is 0.817. The maximum Gasteiger partial charge on any atom is 0.310 e. The lowest BCUT2D eigenvalue weighted by Gasteiger charge is -2.31. The van der Waals surface area contributed by atoms with Crippen LogP contribution in [0.15, 0.2) is 0 Å². The van der Waals surface area contributed by atoms with Crippen molar-refractivity contribution in [3.63, 3.8) is 0 Å². The topological polar surface area (TPSA) is 101 Å². The van der Waals surface area contributed by atoms with Gasteiger partial charge in [0.15, 0.2) is 9.84 Å². The first kappa shape index (κ1) is 16.9. The van der Waals surface area contributed by atoms with Crippen LogP contribution in [0.4, 0.5) is 0 Å². The Labute approximate surface area is 119 Å². The van der Waals surface area contributed by atoms with E-state index in [0.29, 0.717) is 6.42 Å². The minimum absolute atomic E-state index is 0.0597. The molecule has 6 nitrogen and oxygen atoms in total. The van der Waals surface area contributed by atoms with Gasteiger partial charge in [-0.2, -0.15) is 0 Å². The van der Waals surface area contributed by atoms with Gasteiger partial charge in [0, 0.05) is 6.42 Å². The molecule has 0 bridgehead atoms. The van der Waals surface area contributed by atoms with Crippen LogP contribution in [0.2, 0.25) is 0 Å². The van der Waals surface area contributed by atoms with Gasteiger partial charge in [-0.15, -0.1) is 0 Å². The minimum Gasteiger partial charge on any atom is -0.481 e. The zero-order chi connectivity index (χ0) is 15.8. The van der Waals surface area contributed by atoms with Gasteiger partial charge in [0.25, 0.3) is 0 Å². The average molecular weight is 305 g/mol. The van der Waals surface area contributed by atoms with Crippen LogP contribution in [-0.2, 0) is 19.4 Å². The average Bonchev–Trinajstić information content (AvgIpc) is 2.51. The summed E-state index contributed by atoms with van der Waals surface area (Å²) < 4.78 is 23.0. The lowest BCUT2D eigenvalue weighted by Crippen LogP contribution is -2.49. The second-order valence-electron chi connectivity index (χ2n) is 6.50. The van der Waals surface area contributed by atoms with Crippen molar-refractivity contribution in [2.24, 2.45) is 11.3 Å². The highest BCUT2D eigenvalue weighted by Gasteiger charge is 2.43. The SMILES string of the molecule is CC(C)C(C)(CC(=O)NC1(C)CCS(=O)(=O)C1)C(=O)O. The van der Waals surface area contributed by atoms with Crippen molar-refractivity contribution in [3.05, 3.63) is 0 Å². The van der Waals surface area contributed by atoms with Gasteiger partial charge in [-0.3, -0.25) is 9.59 Å². The van der Waals surface area contributed by atoms with Crippen LogP contribution < -0.4 is 5.32 Å². The monoisotopic (exact) mass is 305 g/mol. The molecule has 0 radical (unpaired) electrons. The number of sulfone groups is 1. The Kier molecular flexibility index (Phi) is 4.53. The number of rotatable bonds is 5. The fraction of sp³-hybridized carbons (Fsp3) is 0.846. The van der Waals surface area contributed by atoms with Crippen LogP contribution >= 0.6 is 0 Å². The lowest BCUT2D eigenvalue weighted by atomic mass is 9.76. The van der Waals surface area contributed by atoms with Gasteiger partial charge in [0.2, 0.25) is 5.91 Å². The van der Waals surface area contributed by atoms with Gasteiger partial charge in [-0.25, -0.2) is 8.42 Å². The van der Waals surface area contributed by atoms with Gasteiger partial charge in [0.05, 0.1) is 22.5 Å². The maximum absolute atomic E-state index is 12.1. The van der Waals surface area contributed by atoms with Gasteiger partial charge in [-0.05, 0) is 26.2 Å². The molecule has 1 fully saturated rings. The Balaban J connectivity index is 2.76. The Bertz CT molecular complexity index is 513. The van der Waals surface area contributed by atoms with E-state index in [2.05, 4.69) is 5.32 Å². The van der Waals surface area contributed by atoms with Crippen LogP contribution in [0.5, 0.6) is 0 Å². The molecule has 1 saturated heterocycles. The van der Waals surface area contributed by atoms with E-state index in [0.717, 1.165) is 0 Å². The van der Waals surface area contributed by atoms with E-state index >= 15 is 0 Å². The van der Waals surface area contributed by atoms with E-state index in [9.17, 15) is 23.1 Å². The number of hydrogen-bond acceptors (Lipinski definition) is 4. The zero-order valence-corrected chi connectivity index (χ0v) is 13.2. The fourth-order valence-electron chi connectivity index (χ4n) is 2.35. The number of hydrogen-bond donors (Lipinski definition) is 2. The second-order valence-corrected chi connectivity index (χ2v) is 8.69. The molecule has 0 aliphatic carbocycles. The number of carbonyl (C=O) groups is 2. The predicted molar refractivity (Wildman–Crippen MR) is 75.0 cm³/mol. The Morgan fingerprint density at radius 1 is 1.40 bits per heavy atom. The summed E-state index contributed by atoms with van der Waals surface area (Å²) in [7, 11) is -3.11. The molecule has 116 valence electrons. The van der Waals surface area contributed by atoms with E-state index in [-0.39, 0.29) is 23.8 Å². The Morgan fingerprint density at radius 3 is 2.30 bits per heavy atom. The Hall–Kier alpha value is -1.11. The number of carboxylic acids is 1. The van der Waals surface area contributed by atoms with E-state index in [1.807, 2.05) is 0 Å². The van der Waals surface area contributed by atoms with Crippen molar-refractivity contribution < 1.29 is 23.1 Å². The summed E-state index contributed by atoms with van der Waals surface area (Å²) in [4.78, 5) is 23.4. The van der Waals surface area contributed by atoms with Crippen LogP contribution in [0.1, 0.15) is 40.5 Å². The zero-order valence-electron chi connectivity index (χ0n) is 12.4. The fourth-order valence-corrected chi connectivity index (χ4v) is 4.44. The molecule has 1 aliphatic heterocycles. The quantitative estimate of drug-likeness (QED) is 0.783. The summed E-state index contributed by atoms with van der Waals surface area (Å²) in [5.41, 5.74) is -1.94. The van der Waals surface area contributed by atoms with Crippen LogP contribution in [0.3, 0.4) is 0 Å². The largest absolute Gasteiger partial charge is 0.481 e. The van der Waals surface area contributed by atoms with Crippen LogP contribution in [0.25, 0.3) is 0 Å².